The Bertz CT molecular complexity index is 3590. The van der Waals surface area contributed by atoms with Gasteiger partial charge in [0.15, 0.2) is 6.29 Å². The fraction of sp³-hybridized carbons (Fsp3) is 0.416. The molecular formula is C77H111N10O19Y2-3. The zero-order valence-electron chi connectivity index (χ0n) is 62.0. The summed E-state index contributed by atoms with van der Waals surface area (Å²) in [5, 5.41) is 46.9. The van der Waals surface area contributed by atoms with Crippen molar-refractivity contribution in [3.8, 4) is 51.7 Å². The second kappa shape index (κ2) is 60.2. The van der Waals surface area contributed by atoms with Gasteiger partial charge in [-0.1, -0.05) is 50.0 Å². The molecule has 3 aromatic carbocycles. The summed E-state index contributed by atoms with van der Waals surface area (Å²) in [4.78, 5) is 97.6. The van der Waals surface area contributed by atoms with Gasteiger partial charge in [0, 0.05) is 232 Å². The number of aromatic nitrogens is 8. The van der Waals surface area contributed by atoms with Crippen molar-refractivity contribution in [2.24, 2.45) is 23.7 Å². The summed E-state index contributed by atoms with van der Waals surface area (Å²) in [7, 11) is 9.24. The Morgan fingerprint density at radius 1 is 0.593 bits per heavy atom. The monoisotopic (exact) mass is 1660 g/mol. The number of hydrogen-bond donors (Lipinski definition) is 6. The molecule has 108 heavy (non-hydrogen) atoms. The van der Waals surface area contributed by atoms with Crippen molar-refractivity contribution < 1.29 is 158 Å². The summed E-state index contributed by atoms with van der Waals surface area (Å²) in [5.74, 6) is 2.00. The molecular weight excluding hydrogens is 1550 g/mol. The molecule has 8 heterocycles. The summed E-state index contributed by atoms with van der Waals surface area (Å²) in [6.45, 7) is 14.9. The standard InChI is InChI=1S/C22H29N3O4.C15H14N2O4.C8H10O3.C7H6N2O2.C7H15N.C5H4N2O.C4H8O.C3H4O4.3CH4.3CH3.2Y/c1-14-7-15(2)13-25(12-14)21(27)10-17(18-11-23-5-6-24-18)22-19(26)8-16(28-3)9-20(22)29-4;1-19-9-5-12(20-2)15-10(11-8-16-3-4-17-11)7-14(18)21-13(15)6-9;1-10-7-3-6(9)4-8(5-7)11-2;10-7(11)2-1-6-5-8-3-4-9-6;1-6-3-7(2)5-8-4-6;8-4-5-3-6-1-2-7-5;1-2-4-5-3-1;4-2(5)1-3(6)7;;;;;;;;/h5-6,8-9,11,14-15,17,26H,7,10,12-13H2,1-4H3;3-6,8,10H,7H2,1-2H3;3-5,9H,1-2H3;1-5H,(H,10,11);6-8H,3-5H2,1-2H3;1-4H;1-4H2;1H2,(H,4,5)(H,6,7);3*1H4;3*1H3;;/q;;;;;;;;;;;3*-1;;/b;;;2-1+;;;;;;;;;;;;/t14-,15+,17?;;;;6-,7+;;;;;;;;;;;. The normalized spacial score (nSPS) is 15.9. The van der Waals surface area contributed by atoms with Gasteiger partial charge in [-0.25, -0.2) is 4.79 Å². The number of carbonyl (C=O) groups is 6. The molecule has 4 aliphatic rings. The summed E-state index contributed by atoms with van der Waals surface area (Å²) in [5.41, 5.74) is 3.53. The molecule has 11 rings (SSSR count). The number of nitrogens with one attached hydrogen (secondary N) is 1. The number of piperidine rings is 2. The molecule has 1 amide bonds. The maximum Gasteiger partial charge on any atom is 0.328 e. The van der Waals surface area contributed by atoms with E-state index in [1.165, 1.54) is 122 Å². The number of hydrogen-bond acceptors (Lipinski definition) is 25. The zero-order chi connectivity index (χ0) is 73.4. The van der Waals surface area contributed by atoms with Crippen molar-refractivity contribution in [3.05, 3.63) is 179 Å². The van der Waals surface area contributed by atoms with E-state index in [4.69, 9.17) is 58.3 Å². The predicted octanol–water partition coefficient (Wildman–Crippen LogP) is 12.3. The number of ether oxygens (including phenoxy) is 8. The van der Waals surface area contributed by atoms with Gasteiger partial charge in [0.05, 0.1) is 78.6 Å². The first kappa shape index (κ1) is 108. The van der Waals surface area contributed by atoms with Gasteiger partial charge in [0.1, 0.15) is 63.9 Å². The van der Waals surface area contributed by atoms with Crippen LogP contribution in [0.5, 0.6) is 51.7 Å². The largest absolute Gasteiger partial charge is 0.508 e. The maximum absolute atomic E-state index is 13.2. The Labute approximate surface area is 688 Å². The number of fused-ring (bicyclic) bond motifs is 1. The molecule has 592 valence electrons. The van der Waals surface area contributed by atoms with E-state index in [1.807, 2.05) is 4.90 Å². The van der Waals surface area contributed by atoms with Crippen LogP contribution in [0.4, 0.5) is 0 Å². The Morgan fingerprint density at radius 2 is 1.06 bits per heavy atom. The SMILES string of the molecule is C.C.C.C1CCOC1.COc1cc(O)c(C(CC(=O)N2C[C@H](C)C[C@H](C)C2)c2cnccn2)c(OC)c1.COc1cc(O)cc(OC)c1.COc1cc(OC)c2c(c1)OC(=O)CC2c1cnccn1.C[C@@H]1CNC[C@H](C)C1.O=C(O)/C=C/c1cnccn1.O=C(O)CC(=O)O.O=Cc1cnccn1.[CH3-].[CH3-].[CH3-].[Y].[Y]. The summed E-state index contributed by atoms with van der Waals surface area (Å²) in [6, 6.07) is 11.4. The number of benzene rings is 3. The molecule has 3 saturated heterocycles. The average Bonchev–Trinajstić information content (AvgIpc) is 0.798. The van der Waals surface area contributed by atoms with Crippen LogP contribution >= 0.6 is 0 Å². The van der Waals surface area contributed by atoms with Crippen molar-refractivity contribution in [2.45, 2.75) is 107 Å². The van der Waals surface area contributed by atoms with Gasteiger partial charge in [-0.2, -0.15) is 0 Å². The second-order valence-corrected chi connectivity index (χ2v) is 23.0. The summed E-state index contributed by atoms with van der Waals surface area (Å²) >= 11 is 0. The molecule has 29 nitrogen and oxygen atoms in total. The molecule has 2 unspecified atom stereocenters. The molecule has 3 fully saturated rings. The minimum absolute atomic E-state index is 0. The van der Waals surface area contributed by atoms with Gasteiger partial charge in [-0.3, -0.25) is 63.8 Å². The molecule has 2 radical (unpaired) electrons. The molecule has 6 atom stereocenters. The quantitative estimate of drug-likeness (QED) is 0.0131. The van der Waals surface area contributed by atoms with Crippen LogP contribution in [0.25, 0.3) is 6.08 Å². The van der Waals surface area contributed by atoms with E-state index < -0.39 is 30.2 Å². The number of esters is 1. The van der Waals surface area contributed by atoms with Gasteiger partial charge in [0.2, 0.25) is 5.91 Å². The fourth-order valence-electron chi connectivity index (χ4n) is 10.5. The first-order chi connectivity index (χ1) is 48.0. The molecule has 0 bridgehead atoms. The van der Waals surface area contributed by atoms with Crippen LogP contribution in [0.2, 0.25) is 0 Å². The molecule has 31 heteroatoms. The van der Waals surface area contributed by atoms with E-state index in [0.29, 0.717) is 86.7 Å². The smallest absolute Gasteiger partial charge is 0.328 e. The minimum atomic E-state index is -1.31. The van der Waals surface area contributed by atoms with E-state index in [9.17, 15) is 33.9 Å². The number of carboxylic acids is 3. The van der Waals surface area contributed by atoms with Gasteiger partial charge < -0.3 is 95.9 Å². The molecule has 0 spiro atoms. The van der Waals surface area contributed by atoms with Gasteiger partial charge in [-0.05, 0) is 68.5 Å². The number of likely N-dealkylation sites (tertiary alicyclic amines) is 1. The number of aldehydes is 1. The fourth-order valence-corrected chi connectivity index (χ4v) is 10.5. The number of aliphatic carboxylic acids is 3. The summed E-state index contributed by atoms with van der Waals surface area (Å²) < 4.78 is 41.4. The van der Waals surface area contributed by atoms with Crippen LogP contribution < -0.4 is 38.5 Å². The van der Waals surface area contributed by atoms with E-state index in [1.54, 1.807) is 75.7 Å². The second-order valence-electron chi connectivity index (χ2n) is 23.0. The van der Waals surface area contributed by atoms with Crippen molar-refractivity contribution in [1.29, 1.82) is 0 Å². The van der Waals surface area contributed by atoms with E-state index >= 15 is 0 Å². The molecule has 4 aliphatic heterocycles. The number of amides is 1. The van der Waals surface area contributed by atoms with Crippen molar-refractivity contribution in [1.82, 2.24) is 50.1 Å². The predicted molar refractivity (Wildman–Crippen MR) is 405 cm³/mol. The number of nitrogens with zero attached hydrogens (tertiary/aromatic N) is 9. The Hall–Kier alpha value is -8.73. The van der Waals surface area contributed by atoms with Crippen molar-refractivity contribution >= 4 is 42.1 Å². The number of methoxy groups -OCH3 is 6. The average molecular weight is 1660 g/mol. The van der Waals surface area contributed by atoms with E-state index in [-0.39, 0.29) is 152 Å². The van der Waals surface area contributed by atoms with Gasteiger partial charge >= 0.3 is 23.9 Å². The van der Waals surface area contributed by atoms with Crippen LogP contribution in [-0.2, 0) is 94.1 Å². The van der Waals surface area contributed by atoms with Crippen LogP contribution in [0.15, 0.2) is 123 Å². The number of phenols is 2. The van der Waals surface area contributed by atoms with Crippen LogP contribution in [0, 0.1) is 46.0 Å². The topological polar surface area (TPSA) is 396 Å². The number of rotatable bonds is 16. The third-order valence-corrected chi connectivity index (χ3v) is 14.8. The van der Waals surface area contributed by atoms with Crippen LogP contribution in [0.3, 0.4) is 0 Å². The Morgan fingerprint density at radius 3 is 1.46 bits per heavy atom. The molecule has 6 N–H and O–H groups in total. The zero-order valence-corrected chi connectivity index (χ0v) is 67.7. The Kier molecular flexibility index (Phi) is 60.1. The Balaban J connectivity index is -0.000000395. The van der Waals surface area contributed by atoms with Crippen LogP contribution in [-0.4, -0.2) is 188 Å². The molecule has 7 aromatic rings. The first-order valence-corrected chi connectivity index (χ1v) is 31.8. The van der Waals surface area contributed by atoms with Crippen molar-refractivity contribution in [3.63, 3.8) is 0 Å². The van der Waals surface area contributed by atoms with Crippen LogP contribution in [0.1, 0.15) is 145 Å². The first-order valence-electron chi connectivity index (χ1n) is 31.8. The number of carboxylic acid groups (broad SMARTS) is 3. The minimum Gasteiger partial charge on any atom is -0.508 e. The molecule has 0 aliphatic carbocycles. The molecule has 0 saturated carbocycles. The number of phenolic OH excluding ortho intramolecular Hbond substituents is 2. The maximum atomic E-state index is 13.2. The number of carbonyl (C=O) groups excluding carboxylic acids is 3. The van der Waals surface area contributed by atoms with E-state index in [0.717, 1.165) is 56.2 Å². The molecule has 4 aromatic heterocycles. The van der Waals surface area contributed by atoms with Gasteiger partial charge in [-0.15, -0.1) is 0 Å². The van der Waals surface area contributed by atoms with E-state index in [2.05, 4.69) is 72.9 Å². The number of aromatic hydroxyl groups is 2. The van der Waals surface area contributed by atoms with Crippen molar-refractivity contribution in [2.75, 3.05) is 82.1 Å². The summed E-state index contributed by atoms with van der Waals surface area (Å²) in [6.07, 6.45) is 26.3. The third kappa shape index (κ3) is 40.5. The van der Waals surface area contributed by atoms with Gasteiger partial charge in [0.25, 0.3) is 0 Å². The third-order valence-electron chi connectivity index (χ3n) is 14.8.